The van der Waals surface area contributed by atoms with E-state index in [-0.39, 0.29) is 18.2 Å². The number of carbonyl (C=O) groups is 1. The van der Waals surface area contributed by atoms with Crippen LogP contribution in [0.15, 0.2) is 47.5 Å². The van der Waals surface area contributed by atoms with Crippen molar-refractivity contribution >= 4 is 17.6 Å². The molecule has 1 amide bonds. The molecule has 0 radical (unpaired) electrons. The number of carbonyl (C=O) groups excluding carboxylic acids is 1. The second kappa shape index (κ2) is 12.4. The maximum Gasteiger partial charge on any atom is 0.387 e. The predicted molar refractivity (Wildman–Crippen MR) is 117 cm³/mol. The van der Waals surface area contributed by atoms with Gasteiger partial charge in [-0.2, -0.15) is 8.78 Å². The monoisotopic (exact) mass is 434 g/mol. The largest absolute Gasteiger partial charge is 0.493 e. The molecule has 9 heteroatoms. The van der Waals surface area contributed by atoms with E-state index in [9.17, 15) is 13.6 Å². The van der Waals surface area contributed by atoms with Crippen molar-refractivity contribution in [1.29, 1.82) is 0 Å². The maximum absolute atomic E-state index is 12.8. The van der Waals surface area contributed by atoms with Gasteiger partial charge in [0.05, 0.1) is 6.61 Å². The van der Waals surface area contributed by atoms with Crippen LogP contribution < -0.4 is 25.4 Å². The zero-order valence-corrected chi connectivity index (χ0v) is 17.9. The van der Waals surface area contributed by atoms with Gasteiger partial charge in [0.25, 0.3) is 0 Å². The zero-order valence-electron chi connectivity index (χ0n) is 17.9. The molecule has 0 aromatic heterocycles. The highest BCUT2D eigenvalue weighted by molar-refractivity contribution is 5.88. The van der Waals surface area contributed by atoms with E-state index in [4.69, 9.17) is 4.74 Å². The summed E-state index contributed by atoms with van der Waals surface area (Å²) >= 11 is 0. The van der Waals surface area contributed by atoms with Crippen molar-refractivity contribution in [3.8, 4) is 11.5 Å². The topological polar surface area (TPSA) is 84.0 Å². The fourth-order valence-corrected chi connectivity index (χ4v) is 2.74. The second-order valence-electron chi connectivity index (χ2n) is 6.66. The Morgan fingerprint density at radius 2 is 1.90 bits per heavy atom. The SMILES string of the molecule is CCCOc1ccc(CNC(=NC)NCc2cccc(NC(C)=O)c2)c(OC(F)F)c1. The van der Waals surface area contributed by atoms with Crippen LogP contribution in [-0.2, 0) is 17.9 Å². The van der Waals surface area contributed by atoms with Gasteiger partial charge in [0.1, 0.15) is 11.5 Å². The van der Waals surface area contributed by atoms with Gasteiger partial charge >= 0.3 is 6.61 Å². The van der Waals surface area contributed by atoms with Gasteiger partial charge < -0.3 is 25.4 Å². The van der Waals surface area contributed by atoms with Gasteiger partial charge in [-0.3, -0.25) is 9.79 Å². The number of halogens is 2. The summed E-state index contributed by atoms with van der Waals surface area (Å²) in [5, 5.41) is 8.97. The lowest BCUT2D eigenvalue weighted by molar-refractivity contribution is -0.114. The first kappa shape index (κ1) is 23.9. The number of nitrogens with one attached hydrogen (secondary N) is 3. The number of benzene rings is 2. The third-order valence-corrected chi connectivity index (χ3v) is 4.10. The van der Waals surface area contributed by atoms with E-state index in [0.29, 0.717) is 36.1 Å². The molecule has 168 valence electrons. The molecule has 0 bridgehead atoms. The van der Waals surface area contributed by atoms with Crippen molar-refractivity contribution in [2.75, 3.05) is 19.0 Å². The molecule has 0 atom stereocenters. The molecule has 0 heterocycles. The quantitative estimate of drug-likeness (QED) is 0.390. The van der Waals surface area contributed by atoms with Gasteiger partial charge in [-0.05, 0) is 36.2 Å². The summed E-state index contributed by atoms with van der Waals surface area (Å²) in [6.07, 6.45) is 0.810. The average molecular weight is 434 g/mol. The van der Waals surface area contributed by atoms with Crippen LogP contribution in [0.1, 0.15) is 31.4 Å². The Morgan fingerprint density at radius 3 is 2.58 bits per heavy atom. The first-order valence-corrected chi connectivity index (χ1v) is 9.92. The Balaban J connectivity index is 1.99. The van der Waals surface area contributed by atoms with Crippen molar-refractivity contribution in [2.24, 2.45) is 4.99 Å². The molecule has 0 saturated carbocycles. The molecular formula is C22H28F2N4O3. The van der Waals surface area contributed by atoms with E-state index in [1.807, 2.05) is 25.1 Å². The van der Waals surface area contributed by atoms with Gasteiger partial charge in [0, 0.05) is 44.4 Å². The lowest BCUT2D eigenvalue weighted by Crippen LogP contribution is -2.36. The number of nitrogens with zero attached hydrogens (tertiary/aromatic N) is 1. The van der Waals surface area contributed by atoms with Crippen LogP contribution in [0.4, 0.5) is 14.5 Å². The van der Waals surface area contributed by atoms with Gasteiger partial charge in [-0.25, -0.2) is 0 Å². The summed E-state index contributed by atoms with van der Waals surface area (Å²) in [7, 11) is 1.61. The Hall–Kier alpha value is -3.36. The van der Waals surface area contributed by atoms with E-state index < -0.39 is 6.61 Å². The van der Waals surface area contributed by atoms with E-state index in [1.165, 1.54) is 13.0 Å². The number of aliphatic imine (C=N–C) groups is 1. The van der Waals surface area contributed by atoms with Gasteiger partial charge in [-0.1, -0.05) is 19.1 Å². The second-order valence-corrected chi connectivity index (χ2v) is 6.66. The lowest BCUT2D eigenvalue weighted by Gasteiger charge is -2.16. The van der Waals surface area contributed by atoms with Gasteiger partial charge in [-0.15, -0.1) is 0 Å². The molecule has 0 fully saturated rings. The summed E-state index contributed by atoms with van der Waals surface area (Å²) in [5.74, 6) is 0.868. The Morgan fingerprint density at radius 1 is 1.13 bits per heavy atom. The Kier molecular flexibility index (Phi) is 9.54. The van der Waals surface area contributed by atoms with Crippen LogP contribution in [0.2, 0.25) is 0 Å². The summed E-state index contributed by atoms with van der Waals surface area (Å²) < 4.78 is 35.8. The third-order valence-electron chi connectivity index (χ3n) is 4.10. The number of guanidine groups is 1. The first-order valence-electron chi connectivity index (χ1n) is 9.92. The minimum Gasteiger partial charge on any atom is -0.493 e. The number of ether oxygens (including phenoxy) is 2. The van der Waals surface area contributed by atoms with E-state index in [0.717, 1.165) is 12.0 Å². The Bertz CT molecular complexity index is 891. The first-order chi connectivity index (χ1) is 14.9. The van der Waals surface area contributed by atoms with Crippen molar-refractivity contribution in [1.82, 2.24) is 10.6 Å². The van der Waals surface area contributed by atoms with Gasteiger partial charge in [0.15, 0.2) is 5.96 Å². The van der Waals surface area contributed by atoms with E-state index in [2.05, 4.69) is 25.7 Å². The molecule has 0 saturated heterocycles. The highest BCUT2D eigenvalue weighted by atomic mass is 19.3. The van der Waals surface area contributed by atoms with Crippen molar-refractivity contribution < 1.29 is 23.0 Å². The minimum absolute atomic E-state index is 0.0505. The van der Waals surface area contributed by atoms with Gasteiger partial charge in [0.2, 0.25) is 5.91 Å². The molecule has 2 rings (SSSR count). The van der Waals surface area contributed by atoms with Crippen LogP contribution >= 0.6 is 0 Å². The fraction of sp³-hybridized carbons (Fsp3) is 0.364. The highest BCUT2D eigenvalue weighted by Crippen LogP contribution is 2.26. The van der Waals surface area contributed by atoms with Crippen LogP contribution in [0.3, 0.4) is 0 Å². The van der Waals surface area contributed by atoms with Crippen LogP contribution in [0, 0.1) is 0 Å². The van der Waals surface area contributed by atoms with E-state index >= 15 is 0 Å². The third kappa shape index (κ3) is 8.49. The Labute approximate surface area is 180 Å². The molecule has 7 nitrogen and oxygen atoms in total. The summed E-state index contributed by atoms with van der Waals surface area (Å²) in [6.45, 7) is 1.65. The van der Waals surface area contributed by atoms with Crippen LogP contribution in [0.5, 0.6) is 11.5 Å². The molecule has 2 aromatic rings. The molecule has 0 unspecified atom stereocenters. The molecule has 0 spiro atoms. The summed E-state index contributed by atoms with van der Waals surface area (Å²) in [4.78, 5) is 15.4. The molecule has 0 aliphatic heterocycles. The predicted octanol–water partition coefficient (Wildman–Crippen LogP) is 3.90. The highest BCUT2D eigenvalue weighted by Gasteiger charge is 2.12. The normalized spacial score (nSPS) is 11.2. The molecule has 0 aliphatic carbocycles. The molecule has 0 aliphatic rings. The van der Waals surface area contributed by atoms with Crippen molar-refractivity contribution in [3.05, 3.63) is 53.6 Å². The molecule has 3 N–H and O–H groups in total. The zero-order chi connectivity index (χ0) is 22.6. The molecule has 2 aromatic carbocycles. The van der Waals surface area contributed by atoms with E-state index in [1.54, 1.807) is 25.2 Å². The van der Waals surface area contributed by atoms with Crippen LogP contribution in [0.25, 0.3) is 0 Å². The number of amides is 1. The standard InChI is InChI=1S/C22H28F2N4O3/c1-4-10-30-19-9-8-17(20(12-19)31-21(23)24)14-27-22(25-3)26-13-16-6-5-7-18(11-16)28-15(2)29/h5-9,11-12,21H,4,10,13-14H2,1-3H3,(H,28,29)(H2,25,26,27). The average Bonchev–Trinajstić information content (AvgIpc) is 2.72. The molecular weight excluding hydrogens is 406 g/mol. The lowest BCUT2D eigenvalue weighted by atomic mass is 10.2. The minimum atomic E-state index is -2.94. The summed E-state index contributed by atoms with van der Waals surface area (Å²) in [6, 6.07) is 12.3. The number of hydrogen-bond acceptors (Lipinski definition) is 4. The number of alkyl halides is 2. The summed E-state index contributed by atoms with van der Waals surface area (Å²) in [5.41, 5.74) is 2.18. The fourth-order valence-electron chi connectivity index (χ4n) is 2.74. The molecule has 31 heavy (non-hydrogen) atoms. The number of hydrogen-bond donors (Lipinski definition) is 3. The van der Waals surface area contributed by atoms with Crippen molar-refractivity contribution in [3.63, 3.8) is 0 Å². The maximum atomic E-state index is 12.8. The number of rotatable bonds is 10. The van der Waals surface area contributed by atoms with Crippen molar-refractivity contribution in [2.45, 2.75) is 40.0 Å². The van der Waals surface area contributed by atoms with Crippen LogP contribution in [-0.4, -0.2) is 32.1 Å². The smallest absolute Gasteiger partial charge is 0.387 e. The number of anilines is 1.